The number of benzene rings is 3. The number of imidazole rings is 2. The highest BCUT2D eigenvalue weighted by Crippen LogP contribution is 2.42. The van der Waals surface area contributed by atoms with E-state index in [-0.39, 0.29) is 12.5 Å². The number of fused-ring (bicyclic) bond motifs is 1. The van der Waals surface area contributed by atoms with Gasteiger partial charge in [-0.05, 0) is 65.4 Å². The third kappa shape index (κ3) is 6.14. The Morgan fingerprint density at radius 1 is 0.920 bits per heavy atom. The molecule has 2 amide bonds. The molecule has 0 bridgehead atoms. The largest absolute Gasteiger partial charge is 0.453 e. The topological polar surface area (TPSA) is 146 Å². The molecule has 3 aliphatic rings. The SMILES string of the molecule is CCC(NC(=O)OC)C(=O)N1CC2(C[C@H]1c1ncc(-c3ccc(-c4ccc5cc(-c6cnc([C@@H]7CCCN7)[nH]6)ccc5c4)cc3)[nH]1)OCCO2. The van der Waals surface area contributed by atoms with Crippen molar-refractivity contribution in [1.82, 2.24) is 35.5 Å². The van der Waals surface area contributed by atoms with Crippen LogP contribution in [0.4, 0.5) is 4.79 Å². The molecule has 3 aromatic carbocycles. The predicted molar refractivity (Wildman–Crippen MR) is 188 cm³/mol. The molecular weight excluding hydrogens is 634 g/mol. The Labute approximate surface area is 289 Å². The number of aromatic nitrogens is 4. The minimum absolute atomic E-state index is 0.236. The molecule has 12 heteroatoms. The first kappa shape index (κ1) is 32.2. The second kappa shape index (κ2) is 13.3. The van der Waals surface area contributed by atoms with Gasteiger partial charge in [-0.1, -0.05) is 55.5 Å². The van der Waals surface area contributed by atoms with Crippen molar-refractivity contribution in [1.29, 1.82) is 0 Å². The second-order valence-electron chi connectivity index (χ2n) is 13.3. The zero-order chi connectivity index (χ0) is 34.2. The highest BCUT2D eigenvalue weighted by atomic mass is 16.7. The van der Waals surface area contributed by atoms with Gasteiger partial charge in [-0.25, -0.2) is 14.8 Å². The highest BCUT2D eigenvalue weighted by molar-refractivity contribution is 5.90. The summed E-state index contributed by atoms with van der Waals surface area (Å²) in [6.45, 7) is 4.06. The normalized spacial score (nSPS) is 20.5. The lowest BCUT2D eigenvalue weighted by Gasteiger charge is -2.27. The second-order valence-corrected chi connectivity index (χ2v) is 13.3. The number of ether oxygens (including phenoxy) is 3. The van der Waals surface area contributed by atoms with E-state index in [1.807, 2.05) is 13.1 Å². The van der Waals surface area contributed by atoms with Gasteiger partial charge in [0.2, 0.25) is 5.91 Å². The first-order valence-corrected chi connectivity index (χ1v) is 17.3. The number of carbonyl (C=O) groups excluding carboxylic acids is 2. The number of methoxy groups -OCH3 is 1. The average molecular weight is 676 g/mol. The first-order chi connectivity index (χ1) is 24.4. The molecule has 0 saturated carbocycles. The van der Waals surface area contributed by atoms with Crippen LogP contribution in [-0.4, -0.2) is 82.1 Å². The van der Waals surface area contributed by atoms with E-state index in [9.17, 15) is 9.59 Å². The summed E-state index contributed by atoms with van der Waals surface area (Å²) in [5, 5.41) is 8.50. The van der Waals surface area contributed by atoms with Crippen LogP contribution in [0.1, 0.15) is 56.3 Å². The molecule has 5 aromatic rings. The minimum Gasteiger partial charge on any atom is -0.453 e. The molecule has 12 nitrogen and oxygen atoms in total. The summed E-state index contributed by atoms with van der Waals surface area (Å²) in [5.74, 6) is 0.516. The summed E-state index contributed by atoms with van der Waals surface area (Å²) in [4.78, 5) is 43.7. The van der Waals surface area contributed by atoms with Crippen LogP contribution >= 0.6 is 0 Å². The van der Waals surface area contributed by atoms with Gasteiger partial charge in [-0.3, -0.25) is 4.79 Å². The Hall–Kier alpha value is -5.04. The number of amides is 2. The van der Waals surface area contributed by atoms with Gasteiger partial charge in [0.05, 0.1) is 62.7 Å². The van der Waals surface area contributed by atoms with Gasteiger partial charge >= 0.3 is 6.09 Å². The molecule has 4 N–H and O–H groups in total. The number of alkyl carbamates (subject to hydrolysis) is 1. The Morgan fingerprint density at radius 2 is 1.56 bits per heavy atom. The number of hydrogen-bond donors (Lipinski definition) is 4. The van der Waals surface area contributed by atoms with Gasteiger partial charge in [0.1, 0.15) is 17.7 Å². The third-order valence-corrected chi connectivity index (χ3v) is 10.1. The monoisotopic (exact) mass is 675 g/mol. The molecule has 3 saturated heterocycles. The number of aromatic amines is 2. The van der Waals surface area contributed by atoms with E-state index >= 15 is 0 Å². The van der Waals surface area contributed by atoms with E-state index < -0.39 is 24.0 Å². The van der Waals surface area contributed by atoms with Crippen molar-refractivity contribution in [3.05, 3.63) is 84.7 Å². The Bertz CT molecular complexity index is 2010. The summed E-state index contributed by atoms with van der Waals surface area (Å²) >= 11 is 0. The molecule has 2 aromatic heterocycles. The molecule has 1 spiro atoms. The van der Waals surface area contributed by atoms with Crippen LogP contribution in [0.3, 0.4) is 0 Å². The molecule has 5 heterocycles. The Balaban J connectivity index is 0.992. The van der Waals surface area contributed by atoms with Crippen LogP contribution in [0.2, 0.25) is 0 Å². The Morgan fingerprint density at radius 3 is 2.26 bits per heavy atom. The zero-order valence-corrected chi connectivity index (χ0v) is 28.2. The Kier molecular flexibility index (Phi) is 8.59. The molecule has 50 heavy (non-hydrogen) atoms. The lowest BCUT2D eigenvalue weighted by atomic mass is 9.98. The van der Waals surface area contributed by atoms with Gasteiger partial charge in [-0.15, -0.1) is 0 Å². The molecule has 258 valence electrons. The van der Waals surface area contributed by atoms with Crippen LogP contribution in [0.15, 0.2) is 73.1 Å². The molecule has 0 aliphatic carbocycles. The number of rotatable bonds is 8. The molecule has 3 atom stereocenters. The van der Waals surface area contributed by atoms with Gasteiger partial charge in [-0.2, -0.15) is 0 Å². The number of carbonyl (C=O) groups is 2. The highest BCUT2D eigenvalue weighted by Gasteiger charge is 2.52. The molecular formula is C38H41N7O5. The van der Waals surface area contributed by atoms with Crippen LogP contribution in [0.25, 0.3) is 44.4 Å². The average Bonchev–Trinajstić information content (AvgIpc) is 4.00. The maximum absolute atomic E-state index is 13.7. The standard InChI is InChI=1S/C38H41N7O5/c1-3-29(44-37(47)48-2)36(46)45-22-38(49-15-16-50-38)19-33(45)35-41-20-31(43-35)24-8-6-23(7-9-24)25-10-11-27-18-28(13-12-26(27)17-25)32-21-40-34(42-32)30-5-4-14-39-30/h6-13,17-18,20-21,29-30,33,39H,3-5,14-16,19,22H2,1-2H3,(H,40,42)(H,41,43)(H,44,47)/t29?,30-,33-/m0/s1. The van der Waals surface area contributed by atoms with E-state index in [1.165, 1.54) is 24.3 Å². The van der Waals surface area contributed by atoms with Crippen LogP contribution in [0, 0.1) is 0 Å². The van der Waals surface area contributed by atoms with Gasteiger partial charge in [0, 0.05) is 12.0 Å². The number of H-pyrrole nitrogens is 2. The van der Waals surface area contributed by atoms with Crippen molar-refractivity contribution in [2.45, 2.75) is 56.5 Å². The summed E-state index contributed by atoms with van der Waals surface area (Å²) < 4.78 is 16.7. The maximum atomic E-state index is 13.7. The van der Waals surface area contributed by atoms with Crippen molar-refractivity contribution in [3.8, 4) is 33.6 Å². The quantitative estimate of drug-likeness (QED) is 0.160. The summed E-state index contributed by atoms with van der Waals surface area (Å²) in [7, 11) is 1.28. The number of nitrogens with zero attached hydrogens (tertiary/aromatic N) is 3. The lowest BCUT2D eigenvalue weighted by molar-refractivity contribution is -0.153. The van der Waals surface area contributed by atoms with E-state index in [2.05, 4.69) is 86.2 Å². The van der Waals surface area contributed by atoms with Crippen LogP contribution < -0.4 is 10.6 Å². The smallest absolute Gasteiger partial charge is 0.407 e. The maximum Gasteiger partial charge on any atom is 0.407 e. The van der Waals surface area contributed by atoms with Crippen LogP contribution in [0.5, 0.6) is 0 Å². The first-order valence-electron chi connectivity index (χ1n) is 17.3. The lowest BCUT2D eigenvalue weighted by Crippen LogP contribution is -2.49. The van der Waals surface area contributed by atoms with Crippen molar-refractivity contribution in [3.63, 3.8) is 0 Å². The van der Waals surface area contributed by atoms with E-state index in [0.29, 0.717) is 37.9 Å². The molecule has 8 rings (SSSR count). The molecule has 1 unspecified atom stereocenters. The van der Waals surface area contributed by atoms with Gasteiger partial charge < -0.3 is 39.7 Å². The number of nitrogens with one attached hydrogen (secondary N) is 4. The van der Waals surface area contributed by atoms with E-state index in [4.69, 9.17) is 19.2 Å². The van der Waals surface area contributed by atoms with Gasteiger partial charge in [0.15, 0.2) is 5.79 Å². The van der Waals surface area contributed by atoms with Crippen molar-refractivity contribution < 1.29 is 23.8 Å². The van der Waals surface area contributed by atoms with E-state index in [1.54, 1.807) is 11.1 Å². The summed E-state index contributed by atoms with van der Waals surface area (Å²) in [6.07, 6.45) is 6.21. The van der Waals surface area contributed by atoms with Gasteiger partial charge in [0.25, 0.3) is 0 Å². The zero-order valence-electron chi connectivity index (χ0n) is 28.2. The third-order valence-electron chi connectivity index (χ3n) is 10.1. The summed E-state index contributed by atoms with van der Waals surface area (Å²) in [5.41, 5.74) is 6.20. The molecule has 3 aliphatic heterocycles. The minimum atomic E-state index is -0.894. The number of hydrogen-bond acceptors (Lipinski definition) is 8. The van der Waals surface area contributed by atoms with Crippen molar-refractivity contribution in [2.75, 3.05) is 33.4 Å². The fourth-order valence-electron chi connectivity index (χ4n) is 7.43. The fraction of sp³-hybridized carbons (Fsp3) is 0.368. The molecule has 0 radical (unpaired) electrons. The molecule has 3 fully saturated rings. The van der Waals surface area contributed by atoms with E-state index in [0.717, 1.165) is 52.4 Å². The number of likely N-dealkylation sites (tertiary alicyclic amines) is 1. The van der Waals surface area contributed by atoms with Crippen molar-refractivity contribution in [2.24, 2.45) is 0 Å². The fourth-order valence-corrected chi connectivity index (χ4v) is 7.43. The van der Waals surface area contributed by atoms with Crippen LogP contribution in [-0.2, 0) is 19.0 Å². The van der Waals surface area contributed by atoms with Crippen molar-refractivity contribution >= 4 is 22.8 Å². The summed E-state index contributed by atoms with van der Waals surface area (Å²) in [6, 6.07) is 20.6. The predicted octanol–water partition coefficient (Wildman–Crippen LogP) is 5.86.